The number of aromatic nitrogens is 3. The third-order valence-electron chi connectivity index (χ3n) is 3.05. The Hall–Kier alpha value is -1.68. The highest BCUT2D eigenvalue weighted by Gasteiger charge is 2.20. The molecule has 4 heteroatoms. The normalized spacial score (nSPS) is 12.7. The van der Waals surface area contributed by atoms with Crippen LogP contribution in [-0.4, -0.2) is 21.1 Å². The Labute approximate surface area is 108 Å². The molecule has 0 aliphatic heterocycles. The highest BCUT2D eigenvalue weighted by Crippen LogP contribution is 2.21. The Morgan fingerprint density at radius 1 is 1.33 bits per heavy atom. The lowest BCUT2D eigenvalue weighted by Gasteiger charge is -2.19. The van der Waals surface area contributed by atoms with Crippen molar-refractivity contribution < 1.29 is 0 Å². The fourth-order valence-electron chi connectivity index (χ4n) is 2.20. The summed E-state index contributed by atoms with van der Waals surface area (Å²) < 4.78 is 2.04. The van der Waals surface area contributed by atoms with Gasteiger partial charge in [0.05, 0.1) is 5.69 Å². The van der Waals surface area contributed by atoms with Gasteiger partial charge in [0.1, 0.15) is 11.9 Å². The number of pyridine rings is 1. The largest absolute Gasteiger partial charge is 0.336 e. The molecule has 0 bridgehead atoms. The van der Waals surface area contributed by atoms with Crippen LogP contribution in [0.3, 0.4) is 0 Å². The molecule has 96 valence electrons. The summed E-state index contributed by atoms with van der Waals surface area (Å²) in [5.74, 6) is 0.997. The molecule has 0 aliphatic carbocycles. The monoisotopic (exact) mass is 244 g/mol. The summed E-state index contributed by atoms with van der Waals surface area (Å²) in [6.07, 6.45) is 5.70. The van der Waals surface area contributed by atoms with E-state index in [-0.39, 0.29) is 6.04 Å². The van der Waals surface area contributed by atoms with Crippen molar-refractivity contribution in [3.8, 4) is 0 Å². The van der Waals surface area contributed by atoms with Crippen molar-refractivity contribution in [1.82, 2.24) is 19.9 Å². The van der Waals surface area contributed by atoms with Gasteiger partial charge in [0.15, 0.2) is 0 Å². The first kappa shape index (κ1) is 12.8. The summed E-state index contributed by atoms with van der Waals surface area (Å²) in [6.45, 7) is 7.14. The second kappa shape index (κ2) is 5.31. The Kier molecular flexibility index (Phi) is 3.77. The number of hydrogen-bond donors (Lipinski definition) is 1. The first-order valence-electron chi connectivity index (χ1n) is 6.27. The lowest BCUT2D eigenvalue weighted by molar-refractivity contribution is 0.562. The van der Waals surface area contributed by atoms with Crippen LogP contribution in [-0.2, 0) is 7.05 Å². The summed E-state index contributed by atoms with van der Waals surface area (Å²) in [5, 5.41) is 3.46. The van der Waals surface area contributed by atoms with Crippen LogP contribution < -0.4 is 5.32 Å². The van der Waals surface area contributed by atoms with E-state index in [0.29, 0.717) is 0 Å². The second-order valence-corrected chi connectivity index (χ2v) is 4.60. The lowest BCUT2D eigenvalue weighted by atomic mass is 10.1. The quantitative estimate of drug-likeness (QED) is 0.896. The minimum atomic E-state index is 0.0515. The first-order valence-corrected chi connectivity index (χ1v) is 6.27. The molecule has 0 fully saturated rings. The van der Waals surface area contributed by atoms with Crippen LogP contribution in [0, 0.1) is 13.8 Å². The van der Waals surface area contributed by atoms with Crippen LogP contribution in [0.2, 0.25) is 0 Å². The second-order valence-electron chi connectivity index (χ2n) is 4.60. The number of nitrogens with zero attached hydrogens (tertiary/aromatic N) is 3. The van der Waals surface area contributed by atoms with Crippen molar-refractivity contribution in [2.75, 3.05) is 6.54 Å². The minimum Gasteiger partial charge on any atom is -0.336 e. The summed E-state index contributed by atoms with van der Waals surface area (Å²) in [7, 11) is 2.01. The van der Waals surface area contributed by atoms with Crippen molar-refractivity contribution in [2.45, 2.75) is 26.8 Å². The fourth-order valence-corrected chi connectivity index (χ4v) is 2.20. The van der Waals surface area contributed by atoms with Gasteiger partial charge < -0.3 is 9.88 Å². The predicted octanol–water partition coefficient (Wildman–Crippen LogP) is 2.13. The molecule has 2 aromatic heterocycles. The maximum absolute atomic E-state index is 4.58. The van der Waals surface area contributed by atoms with Gasteiger partial charge in [0.25, 0.3) is 0 Å². The van der Waals surface area contributed by atoms with E-state index in [1.54, 1.807) is 0 Å². The average Bonchev–Trinajstić information content (AvgIpc) is 2.73. The zero-order valence-corrected chi connectivity index (χ0v) is 11.4. The number of imidazole rings is 1. The van der Waals surface area contributed by atoms with Crippen LogP contribution in [0.1, 0.15) is 35.6 Å². The molecule has 2 heterocycles. The smallest absolute Gasteiger partial charge is 0.131 e. The summed E-state index contributed by atoms with van der Waals surface area (Å²) in [4.78, 5) is 9.01. The number of aryl methyl sites for hydroxylation is 3. The van der Waals surface area contributed by atoms with Gasteiger partial charge in [-0.2, -0.15) is 0 Å². The average molecular weight is 244 g/mol. The van der Waals surface area contributed by atoms with E-state index in [9.17, 15) is 0 Å². The summed E-state index contributed by atoms with van der Waals surface area (Å²) >= 11 is 0. The van der Waals surface area contributed by atoms with Gasteiger partial charge in [-0.25, -0.2) is 4.98 Å². The van der Waals surface area contributed by atoms with Crippen molar-refractivity contribution in [1.29, 1.82) is 0 Å². The molecule has 0 radical (unpaired) electrons. The van der Waals surface area contributed by atoms with Gasteiger partial charge in [-0.05, 0) is 31.5 Å². The van der Waals surface area contributed by atoms with Gasteiger partial charge in [0, 0.05) is 25.6 Å². The Balaban J connectivity index is 2.45. The van der Waals surface area contributed by atoms with Gasteiger partial charge in [-0.1, -0.05) is 13.0 Å². The van der Waals surface area contributed by atoms with Gasteiger partial charge in [-0.3, -0.25) is 4.98 Å². The molecule has 18 heavy (non-hydrogen) atoms. The SMILES string of the molecule is CCNC(c1ncc(C)cc1C)c1nccn1C. The lowest BCUT2D eigenvalue weighted by Crippen LogP contribution is -2.26. The third-order valence-corrected chi connectivity index (χ3v) is 3.05. The molecule has 1 unspecified atom stereocenters. The molecule has 0 saturated heterocycles. The van der Waals surface area contributed by atoms with Crippen LogP contribution >= 0.6 is 0 Å². The molecule has 4 nitrogen and oxygen atoms in total. The van der Waals surface area contributed by atoms with Crippen molar-refractivity contribution in [3.05, 3.63) is 47.3 Å². The Morgan fingerprint density at radius 2 is 2.11 bits per heavy atom. The van der Waals surface area contributed by atoms with Crippen molar-refractivity contribution >= 4 is 0 Å². The molecule has 0 aliphatic rings. The van der Waals surface area contributed by atoms with Crippen LogP contribution in [0.5, 0.6) is 0 Å². The van der Waals surface area contributed by atoms with E-state index >= 15 is 0 Å². The molecule has 0 amide bonds. The molecule has 1 atom stereocenters. The minimum absolute atomic E-state index is 0.0515. The molecule has 0 spiro atoms. The van der Waals surface area contributed by atoms with E-state index in [4.69, 9.17) is 0 Å². The molecule has 2 aromatic rings. The molecular formula is C14H20N4. The Morgan fingerprint density at radius 3 is 2.67 bits per heavy atom. The molecule has 0 saturated carbocycles. The van der Waals surface area contributed by atoms with Crippen molar-refractivity contribution in [2.24, 2.45) is 7.05 Å². The predicted molar refractivity (Wildman–Crippen MR) is 72.4 cm³/mol. The van der Waals surface area contributed by atoms with E-state index in [0.717, 1.165) is 18.1 Å². The number of nitrogens with one attached hydrogen (secondary N) is 1. The molecule has 0 aromatic carbocycles. The highest BCUT2D eigenvalue weighted by atomic mass is 15.1. The zero-order chi connectivity index (χ0) is 13.1. The molecule has 2 rings (SSSR count). The standard InChI is InChI=1S/C14H20N4/c1-5-15-13(14-16-6-7-18(14)4)12-11(3)8-10(2)9-17-12/h6-9,13,15H,5H2,1-4H3. The molecular weight excluding hydrogens is 224 g/mol. The van der Waals surface area contributed by atoms with Gasteiger partial charge in [-0.15, -0.1) is 0 Å². The zero-order valence-electron chi connectivity index (χ0n) is 11.4. The summed E-state index contributed by atoms with van der Waals surface area (Å²) in [6, 6.07) is 2.21. The van der Waals surface area contributed by atoms with Crippen molar-refractivity contribution in [3.63, 3.8) is 0 Å². The van der Waals surface area contributed by atoms with Gasteiger partial charge >= 0.3 is 0 Å². The van der Waals surface area contributed by atoms with Crippen LogP contribution in [0.4, 0.5) is 0 Å². The third kappa shape index (κ3) is 2.43. The maximum Gasteiger partial charge on any atom is 0.131 e. The highest BCUT2D eigenvalue weighted by molar-refractivity contribution is 5.29. The maximum atomic E-state index is 4.58. The van der Waals surface area contributed by atoms with E-state index in [1.807, 2.05) is 30.2 Å². The Bertz CT molecular complexity index is 530. The summed E-state index contributed by atoms with van der Waals surface area (Å²) in [5.41, 5.74) is 3.44. The fraction of sp³-hybridized carbons (Fsp3) is 0.429. The number of rotatable bonds is 4. The first-order chi connectivity index (χ1) is 8.63. The topological polar surface area (TPSA) is 42.7 Å². The number of hydrogen-bond acceptors (Lipinski definition) is 3. The van der Waals surface area contributed by atoms with E-state index < -0.39 is 0 Å². The van der Waals surface area contributed by atoms with Crippen LogP contribution in [0.25, 0.3) is 0 Å². The van der Waals surface area contributed by atoms with E-state index in [1.165, 1.54) is 11.1 Å². The molecule has 1 N–H and O–H groups in total. The van der Waals surface area contributed by atoms with Gasteiger partial charge in [0.2, 0.25) is 0 Å². The van der Waals surface area contributed by atoms with Crippen LogP contribution in [0.15, 0.2) is 24.7 Å². The van der Waals surface area contributed by atoms with E-state index in [2.05, 4.69) is 42.1 Å².